The highest BCUT2D eigenvalue weighted by Crippen LogP contribution is 2.18. The smallest absolute Gasteiger partial charge is 0.194 e. The lowest BCUT2D eigenvalue weighted by atomic mass is 10.8. The van der Waals surface area contributed by atoms with Gasteiger partial charge in [0, 0.05) is 4.57 Å². The van der Waals surface area contributed by atoms with Gasteiger partial charge in [-0.05, 0) is 0 Å². The molecule has 0 rings (SSSR count). The molecule has 0 amide bonds. The normalized spacial score (nSPS) is 14.4. The molecule has 0 bridgehead atoms. The molecule has 0 aliphatic carbocycles. The summed E-state index contributed by atoms with van der Waals surface area (Å²) >= 11 is 4.93. The van der Waals surface area contributed by atoms with Crippen molar-refractivity contribution >= 4 is 19.9 Å². The quantitative estimate of drug-likeness (QED) is 0.470. The van der Waals surface area contributed by atoms with Crippen LogP contribution in [-0.4, -0.2) is 10.5 Å². The monoisotopic (exact) mass is 154 g/mol. The van der Waals surface area contributed by atoms with Crippen LogP contribution in [0, 0.1) is 11.3 Å². The van der Waals surface area contributed by atoms with Crippen molar-refractivity contribution in [2.75, 3.05) is 0 Å². The minimum absolute atomic E-state index is 1.33. The van der Waals surface area contributed by atoms with Gasteiger partial charge < -0.3 is 0 Å². The minimum Gasteiger partial charge on any atom is -0.194 e. The summed E-state index contributed by atoms with van der Waals surface area (Å²) < 4.78 is 13.5. The van der Waals surface area contributed by atoms with Crippen LogP contribution in [-0.2, 0) is 9.09 Å². The summed E-state index contributed by atoms with van der Waals surface area (Å²) in [5, 5.41) is 7.84. The van der Waals surface area contributed by atoms with Crippen molar-refractivity contribution in [2.45, 2.75) is 5.56 Å². The lowest BCUT2D eigenvalue weighted by Crippen LogP contribution is -1.92. The molecule has 0 saturated heterocycles. The molecule has 1 N–H and O–H groups in total. The highest BCUT2D eigenvalue weighted by Gasteiger charge is 2.19. The van der Waals surface area contributed by atoms with Crippen molar-refractivity contribution < 1.29 is 14.0 Å². The maximum atomic E-state index is 9.66. The van der Waals surface area contributed by atoms with E-state index in [2.05, 4.69) is 4.52 Å². The molecule has 2 unspecified atom stereocenters. The maximum Gasteiger partial charge on any atom is 0.697 e. The summed E-state index contributed by atoms with van der Waals surface area (Å²) in [6.07, 6.45) is 0. The lowest BCUT2D eigenvalue weighted by molar-refractivity contribution is 0.291. The molecule has 0 aromatic rings. The summed E-state index contributed by atoms with van der Waals surface area (Å²) in [4.78, 5) is 7.91. The predicted molar refractivity (Wildman–Crippen MR) is 26.2 cm³/mol. The fraction of sp³-hybridized carbons (Fsp3) is 0.500. The average molecular weight is 154 g/mol. The van der Waals surface area contributed by atoms with Crippen LogP contribution in [0.3, 0.4) is 0 Å². The Bertz CT molecular complexity index is 132. The Morgan fingerprint density at radius 3 is 2.62 bits per heavy atom. The van der Waals surface area contributed by atoms with Crippen LogP contribution >= 0.6 is 19.9 Å². The molecule has 0 spiro atoms. The van der Waals surface area contributed by atoms with E-state index in [0.717, 1.165) is 0 Å². The Kier molecular flexibility index (Phi) is 3.67. The van der Waals surface area contributed by atoms with Crippen LogP contribution in [0.4, 0.5) is 0 Å². The van der Waals surface area contributed by atoms with E-state index in [4.69, 9.17) is 21.8 Å². The minimum atomic E-state index is -2.75. The number of hydrogen-bond acceptors (Lipinski definition) is 3. The molecular weight excluding hydrogens is 152 g/mol. The van der Waals surface area contributed by atoms with Gasteiger partial charge in [-0.3, -0.25) is 0 Å². The van der Waals surface area contributed by atoms with Gasteiger partial charge in [-0.2, -0.15) is 5.26 Å². The maximum absolute atomic E-state index is 9.66. The second-order valence-electron chi connectivity index (χ2n) is 0.788. The summed E-state index contributed by atoms with van der Waals surface area (Å²) in [5.74, 6) is 0. The van der Waals surface area contributed by atoms with Gasteiger partial charge in [0.05, 0.1) is 0 Å². The molecule has 0 radical (unpaired) electrons. The van der Waals surface area contributed by atoms with Crippen molar-refractivity contribution in [3.63, 3.8) is 0 Å². The molecule has 44 valence electrons. The number of hydrogen-bond donors (Lipinski definition) is 1. The summed E-state index contributed by atoms with van der Waals surface area (Å²) in [6, 6.07) is 1.40. The first-order chi connectivity index (χ1) is 3.66. The van der Waals surface area contributed by atoms with Crippen molar-refractivity contribution in [2.24, 2.45) is 0 Å². The van der Waals surface area contributed by atoms with Crippen LogP contribution in [0.1, 0.15) is 0 Å². The third-order valence-electron chi connectivity index (χ3n) is 0.284. The Hall–Kier alpha value is -0.200. The van der Waals surface area contributed by atoms with Gasteiger partial charge in [0.25, 0.3) is 5.56 Å². The first-order valence-electron chi connectivity index (χ1n) is 1.53. The second-order valence-corrected chi connectivity index (χ2v) is 1.87. The molecule has 0 aromatic carbocycles. The molecule has 0 aliphatic rings. The van der Waals surface area contributed by atoms with Gasteiger partial charge in [-0.1, -0.05) is 16.1 Å². The van der Waals surface area contributed by atoms with E-state index >= 15 is 0 Å². The Labute approximate surface area is 51.6 Å². The number of nitrogens with zero attached hydrogens (tertiary/aromatic N) is 1. The number of nitriles is 1. The zero-order chi connectivity index (χ0) is 6.57. The van der Waals surface area contributed by atoms with Gasteiger partial charge in [0.15, 0.2) is 0 Å². The Morgan fingerprint density at radius 2 is 2.50 bits per heavy atom. The molecular formula is C2H2ClNO3P+. The van der Waals surface area contributed by atoms with Gasteiger partial charge in [-0.25, -0.2) is 0 Å². The Balaban J connectivity index is 3.43. The van der Waals surface area contributed by atoms with Crippen LogP contribution in [0.2, 0.25) is 0 Å². The molecule has 4 nitrogen and oxygen atoms in total. The largest absolute Gasteiger partial charge is 0.697 e. The molecule has 0 fully saturated rings. The highest BCUT2D eigenvalue weighted by atomic mass is 35.5. The summed E-state index contributed by atoms with van der Waals surface area (Å²) in [7, 11) is -2.75. The number of alkyl halides is 1. The van der Waals surface area contributed by atoms with Crippen molar-refractivity contribution in [1.29, 1.82) is 5.26 Å². The average Bonchev–Trinajstić information content (AvgIpc) is 1.65. The SMILES string of the molecule is N#CC(Cl)O[P+](=O)O. The Morgan fingerprint density at radius 1 is 2.00 bits per heavy atom. The van der Waals surface area contributed by atoms with Crippen LogP contribution in [0.25, 0.3) is 0 Å². The van der Waals surface area contributed by atoms with Gasteiger partial charge in [0.1, 0.15) is 6.07 Å². The molecule has 2 atom stereocenters. The topological polar surface area (TPSA) is 70.3 Å². The number of halogens is 1. The van der Waals surface area contributed by atoms with Crippen LogP contribution in [0.5, 0.6) is 0 Å². The molecule has 8 heavy (non-hydrogen) atoms. The third-order valence-corrected chi connectivity index (χ3v) is 0.986. The fourth-order valence-corrected chi connectivity index (χ4v) is 0.513. The van der Waals surface area contributed by atoms with Gasteiger partial charge in [0.2, 0.25) is 0 Å². The van der Waals surface area contributed by atoms with E-state index < -0.39 is 13.8 Å². The zero-order valence-corrected chi connectivity index (χ0v) is 5.26. The van der Waals surface area contributed by atoms with Crippen molar-refractivity contribution in [1.82, 2.24) is 0 Å². The molecule has 0 aliphatic heterocycles. The standard InChI is InChI=1S/C2HClNO3P/c3-2(1-4)7-8(5)6/h2H/p+1. The molecule has 0 saturated carbocycles. The second kappa shape index (κ2) is 3.76. The van der Waals surface area contributed by atoms with Crippen LogP contribution < -0.4 is 0 Å². The van der Waals surface area contributed by atoms with E-state index in [1.807, 2.05) is 0 Å². The van der Waals surface area contributed by atoms with Crippen molar-refractivity contribution in [3.05, 3.63) is 0 Å². The van der Waals surface area contributed by atoms with E-state index in [9.17, 15) is 4.57 Å². The van der Waals surface area contributed by atoms with E-state index in [-0.39, 0.29) is 0 Å². The fourth-order valence-electron chi connectivity index (χ4n) is 0.103. The first-order valence-corrected chi connectivity index (χ1v) is 3.10. The summed E-state index contributed by atoms with van der Waals surface area (Å²) in [6.45, 7) is 0. The predicted octanol–water partition coefficient (Wildman–Crippen LogP) is 0.741. The zero-order valence-electron chi connectivity index (χ0n) is 3.61. The summed E-state index contributed by atoms with van der Waals surface area (Å²) in [5.41, 5.74) is -1.33. The number of rotatable bonds is 2. The molecule has 0 aromatic heterocycles. The van der Waals surface area contributed by atoms with Gasteiger partial charge in [-0.15, -0.1) is 4.89 Å². The third kappa shape index (κ3) is 3.97. The van der Waals surface area contributed by atoms with Crippen LogP contribution in [0.15, 0.2) is 0 Å². The molecule has 0 heterocycles. The van der Waals surface area contributed by atoms with E-state index in [1.54, 1.807) is 0 Å². The van der Waals surface area contributed by atoms with E-state index in [0.29, 0.717) is 0 Å². The lowest BCUT2D eigenvalue weighted by Gasteiger charge is -1.80. The molecule has 6 heteroatoms. The van der Waals surface area contributed by atoms with Gasteiger partial charge >= 0.3 is 8.25 Å². The first kappa shape index (κ1) is 7.80. The van der Waals surface area contributed by atoms with Crippen molar-refractivity contribution in [3.8, 4) is 6.07 Å². The highest BCUT2D eigenvalue weighted by molar-refractivity contribution is 7.32. The van der Waals surface area contributed by atoms with E-state index in [1.165, 1.54) is 6.07 Å².